The van der Waals surface area contributed by atoms with E-state index < -0.39 is 6.10 Å². The summed E-state index contributed by atoms with van der Waals surface area (Å²) >= 11 is 0. The van der Waals surface area contributed by atoms with E-state index in [1.54, 1.807) is 18.3 Å². The van der Waals surface area contributed by atoms with Gasteiger partial charge in [-0.2, -0.15) is 0 Å². The Hall–Kier alpha value is -2.27. The second-order valence-electron chi connectivity index (χ2n) is 5.25. The molecule has 0 spiro atoms. The van der Waals surface area contributed by atoms with Crippen LogP contribution in [-0.4, -0.2) is 37.2 Å². The quantitative estimate of drug-likeness (QED) is 0.821. The molecule has 1 aromatic carbocycles. The highest BCUT2D eigenvalue weighted by atomic mass is 16.5. The molecule has 0 bridgehead atoms. The van der Waals surface area contributed by atoms with Crippen molar-refractivity contribution in [2.45, 2.75) is 19.1 Å². The Bertz CT molecular complexity index is 598. The minimum absolute atomic E-state index is 0.0374. The zero-order valence-corrected chi connectivity index (χ0v) is 12.5. The molecular formula is C17H19NO4. The van der Waals surface area contributed by atoms with Crippen LogP contribution in [0.25, 0.3) is 0 Å². The molecule has 0 radical (unpaired) electrons. The summed E-state index contributed by atoms with van der Waals surface area (Å²) in [6.45, 7) is 1.41. The van der Waals surface area contributed by atoms with Gasteiger partial charge in [0.1, 0.15) is 11.5 Å². The van der Waals surface area contributed by atoms with Crippen LogP contribution in [0.5, 0.6) is 5.75 Å². The Balaban J connectivity index is 1.69. The van der Waals surface area contributed by atoms with Gasteiger partial charge in [0.2, 0.25) is 0 Å². The van der Waals surface area contributed by atoms with Crippen LogP contribution < -0.4 is 4.74 Å². The first kappa shape index (κ1) is 14.7. The zero-order chi connectivity index (χ0) is 15.4. The number of amides is 1. The first-order valence-corrected chi connectivity index (χ1v) is 7.32. The summed E-state index contributed by atoms with van der Waals surface area (Å²) in [5.41, 5.74) is 1.07. The van der Waals surface area contributed by atoms with E-state index in [9.17, 15) is 4.79 Å². The fourth-order valence-corrected chi connectivity index (χ4v) is 2.58. The van der Waals surface area contributed by atoms with Crippen LogP contribution in [0.15, 0.2) is 47.1 Å². The molecule has 0 aliphatic carbocycles. The number of carbonyl (C=O) groups excluding carboxylic acids is 1. The average Bonchev–Trinajstić information content (AvgIpc) is 3.19. The summed E-state index contributed by atoms with van der Waals surface area (Å²) in [5, 5.41) is 0. The number of para-hydroxylation sites is 1. The van der Waals surface area contributed by atoms with Crippen LogP contribution in [0.2, 0.25) is 0 Å². The molecule has 5 heteroatoms. The molecule has 0 saturated heterocycles. The van der Waals surface area contributed by atoms with Gasteiger partial charge in [-0.05, 0) is 23.8 Å². The summed E-state index contributed by atoms with van der Waals surface area (Å²) in [4.78, 5) is 14.5. The number of hydrogen-bond donors (Lipinski definition) is 0. The molecule has 1 aliphatic heterocycles. The van der Waals surface area contributed by atoms with E-state index in [1.807, 2.05) is 36.4 Å². The van der Waals surface area contributed by atoms with E-state index >= 15 is 0 Å². The summed E-state index contributed by atoms with van der Waals surface area (Å²) in [6, 6.07) is 11.4. The number of methoxy groups -OCH3 is 1. The largest absolute Gasteiger partial charge is 0.480 e. The lowest BCUT2D eigenvalue weighted by atomic mass is 10.1. The van der Waals surface area contributed by atoms with Gasteiger partial charge in [0.25, 0.3) is 5.91 Å². The molecule has 116 valence electrons. The molecule has 1 unspecified atom stereocenters. The average molecular weight is 301 g/mol. The van der Waals surface area contributed by atoms with Crippen LogP contribution in [0, 0.1) is 0 Å². The topological polar surface area (TPSA) is 51.9 Å². The van der Waals surface area contributed by atoms with Gasteiger partial charge in [0.05, 0.1) is 19.4 Å². The van der Waals surface area contributed by atoms with Crippen LogP contribution >= 0.6 is 0 Å². The minimum atomic E-state index is -0.468. The van der Waals surface area contributed by atoms with E-state index in [0.29, 0.717) is 26.1 Å². The summed E-state index contributed by atoms with van der Waals surface area (Å²) in [6.07, 6.45) is 1.75. The maximum absolute atomic E-state index is 12.7. The van der Waals surface area contributed by atoms with Gasteiger partial charge in [0.15, 0.2) is 6.10 Å². The normalized spacial score (nSPS) is 16.1. The number of benzene rings is 1. The predicted octanol–water partition coefficient (Wildman–Crippen LogP) is 2.26. The van der Waals surface area contributed by atoms with Crippen molar-refractivity contribution in [2.24, 2.45) is 0 Å². The van der Waals surface area contributed by atoms with E-state index in [4.69, 9.17) is 13.9 Å². The highest BCUT2D eigenvalue weighted by molar-refractivity contribution is 5.82. The molecule has 0 saturated carbocycles. The van der Waals surface area contributed by atoms with Crippen molar-refractivity contribution in [1.29, 1.82) is 0 Å². The van der Waals surface area contributed by atoms with Gasteiger partial charge in [0, 0.05) is 20.1 Å². The van der Waals surface area contributed by atoms with Crippen LogP contribution in [0.1, 0.15) is 11.3 Å². The van der Waals surface area contributed by atoms with Crippen LogP contribution in [0.4, 0.5) is 0 Å². The number of fused-ring (bicyclic) bond motifs is 1. The number of nitrogens with zero attached hydrogens (tertiary/aromatic N) is 1. The molecule has 2 aromatic rings. The van der Waals surface area contributed by atoms with Crippen molar-refractivity contribution in [2.75, 3.05) is 20.3 Å². The summed E-state index contributed by atoms with van der Waals surface area (Å²) in [7, 11) is 1.62. The number of rotatable bonds is 6. The van der Waals surface area contributed by atoms with Gasteiger partial charge in [-0.3, -0.25) is 4.79 Å². The molecule has 0 fully saturated rings. The molecular weight excluding hydrogens is 282 g/mol. The van der Waals surface area contributed by atoms with Crippen molar-refractivity contribution in [1.82, 2.24) is 4.90 Å². The highest BCUT2D eigenvalue weighted by Crippen LogP contribution is 2.29. The molecule has 2 heterocycles. The molecule has 1 amide bonds. The monoisotopic (exact) mass is 301 g/mol. The Morgan fingerprint density at radius 3 is 2.91 bits per heavy atom. The first-order valence-electron chi connectivity index (χ1n) is 7.32. The summed E-state index contributed by atoms with van der Waals surface area (Å²) < 4.78 is 16.2. The lowest BCUT2D eigenvalue weighted by Crippen LogP contribution is -2.42. The number of ether oxygens (including phenoxy) is 2. The molecule has 1 aliphatic rings. The lowest BCUT2D eigenvalue weighted by Gasteiger charge is -2.24. The van der Waals surface area contributed by atoms with Gasteiger partial charge >= 0.3 is 0 Å². The van der Waals surface area contributed by atoms with Crippen molar-refractivity contribution in [3.8, 4) is 5.75 Å². The fourth-order valence-electron chi connectivity index (χ4n) is 2.58. The maximum atomic E-state index is 12.7. The molecule has 1 aromatic heterocycles. The standard InChI is InChI=1S/C17H19NO4/c1-20-10-8-18(12-14-6-4-9-21-14)17(19)16-11-13-5-2-3-7-15(13)22-16/h2-7,9,16H,8,10-12H2,1H3. The van der Waals surface area contributed by atoms with Gasteiger partial charge in [-0.15, -0.1) is 0 Å². The molecule has 5 nitrogen and oxygen atoms in total. The Morgan fingerprint density at radius 1 is 1.32 bits per heavy atom. The van der Waals surface area contributed by atoms with Gasteiger partial charge < -0.3 is 18.8 Å². The Kier molecular flexibility index (Phi) is 4.44. The van der Waals surface area contributed by atoms with Gasteiger partial charge in [-0.25, -0.2) is 0 Å². The van der Waals surface area contributed by atoms with Crippen molar-refractivity contribution < 1.29 is 18.7 Å². The van der Waals surface area contributed by atoms with Crippen LogP contribution in [-0.2, 0) is 22.5 Å². The van der Waals surface area contributed by atoms with E-state index in [0.717, 1.165) is 17.1 Å². The smallest absolute Gasteiger partial charge is 0.264 e. The SMILES string of the molecule is COCCN(Cc1ccco1)C(=O)C1Cc2ccccc2O1. The lowest BCUT2D eigenvalue weighted by molar-refractivity contribution is -0.139. The maximum Gasteiger partial charge on any atom is 0.264 e. The third kappa shape index (κ3) is 3.14. The summed E-state index contributed by atoms with van der Waals surface area (Å²) in [5.74, 6) is 1.51. The van der Waals surface area contributed by atoms with Crippen LogP contribution in [0.3, 0.4) is 0 Å². The third-order valence-electron chi connectivity index (χ3n) is 3.73. The van der Waals surface area contributed by atoms with Crippen molar-refractivity contribution in [3.05, 3.63) is 54.0 Å². The van der Waals surface area contributed by atoms with Crippen molar-refractivity contribution in [3.63, 3.8) is 0 Å². The second-order valence-corrected chi connectivity index (χ2v) is 5.25. The highest BCUT2D eigenvalue weighted by Gasteiger charge is 2.32. The number of carbonyl (C=O) groups is 1. The molecule has 0 N–H and O–H groups in total. The third-order valence-corrected chi connectivity index (χ3v) is 3.73. The molecule has 22 heavy (non-hydrogen) atoms. The van der Waals surface area contributed by atoms with Gasteiger partial charge in [-0.1, -0.05) is 18.2 Å². The van der Waals surface area contributed by atoms with E-state index in [2.05, 4.69) is 0 Å². The predicted molar refractivity (Wildman–Crippen MR) is 80.6 cm³/mol. The Labute approximate surface area is 129 Å². The fraction of sp³-hybridized carbons (Fsp3) is 0.353. The van der Waals surface area contributed by atoms with Crippen molar-refractivity contribution >= 4 is 5.91 Å². The first-order chi connectivity index (χ1) is 10.8. The molecule has 1 atom stereocenters. The zero-order valence-electron chi connectivity index (χ0n) is 12.5. The Morgan fingerprint density at radius 2 is 2.18 bits per heavy atom. The van der Waals surface area contributed by atoms with E-state index in [1.165, 1.54) is 0 Å². The second kappa shape index (κ2) is 6.66. The molecule has 3 rings (SSSR count). The minimum Gasteiger partial charge on any atom is -0.480 e. The van der Waals surface area contributed by atoms with E-state index in [-0.39, 0.29) is 5.91 Å². The number of furan rings is 1. The number of hydrogen-bond acceptors (Lipinski definition) is 4.